The zero-order valence-electron chi connectivity index (χ0n) is 12.3. The Balaban J connectivity index is 2.14. The van der Waals surface area contributed by atoms with Crippen molar-refractivity contribution in [2.45, 2.75) is 39.7 Å². The Labute approximate surface area is 128 Å². The van der Waals surface area contributed by atoms with Crippen LogP contribution >= 0.6 is 15.9 Å². The van der Waals surface area contributed by atoms with Crippen molar-refractivity contribution in [1.29, 1.82) is 0 Å². The molecule has 2 rings (SSSR count). The molecule has 0 fully saturated rings. The molecular weight excluding hydrogens is 318 g/mol. The van der Waals surface area contributed by atoms with Gasteiger partial charge in [-0.25, -0.2) is 9.97 Å². The third-order valence-corrected chi connectivity index (χ3v) is 3.42. The third-order valence-electron chi connectivity index (χ3n) is 3.02. The van der Waals surface area contributed by atoms with Gasteiger partial charge in [0, 0.05) is 37.3 Å². The van der Waals surface area contributed by atoms with Gasteiger partial charge in [0.15, 0.2) is 0 Å². The van der Waals surface area contributed by atoms with Crippen molar-refractivity contribution in [1.82, 2.24) is 19.7 Å². The fourth-order valence-corrected chi connectivity index (χ4v) is 2.40. The summed E-state index contributed by atoms with van der Waals surface area (Å²) in [5.41, 5.74) is 2.33. The van der Waals surface area contributed by atoms with Gasteiger partial charge in [-0.3, -0.25) is 4.68 Å². The number of aromatic nitrogens is 4. The minimum Gasteiger partial charge on any atom is -0.366 e. The first-order valence-electron chi connectivity index (χ1n) is 6.79. The predicted molar refractivity (Wildman–Crippen MR) is 83.7 cm³/mol. The molecule has 6 heteroatoms. The van der Waals surface area contributed by atoms with Crippen LogP contribution in [-0.2, 0) is 20.0 Å². The van der Waals surface area contributed by atoms with Gasteiger partial charge in [-0.1, -0.05) is 20.8 Å². The van der Waals surface area contributed by atoms with Gasteiger partial charge in [-0.05, 0) is 22.4 Å². The molecule has 0 amide bonds. The van der Waals surface area contributed by atoms with E-state index in [1.165, 1.54) is 5.56 Å². The molecule has 0 aliphatic heterocycles. The first kappa shape index (κ1) is 15.0. The minimum atomic E-state index is 0.303. The number of nitrogens with zero attached hydrogens (tertiary/aromatic N) is 4. The van der Waals surface area contributed by atoms with E-state index in [2.05, 4.69) is 57.1 Å². The molecule has 0 atom stereocenters. The van der Waals surface area contributed by atoms with Crippen molar-refractivity contribution in [2.75, 3.05) is 5.32 Å². The summed E-state index contributed by atoms with van der Waals surface area (Å²) in [7, 11) is 1.95. The summed E-state index contributed by atoms with van der Waals surface area (Å²) in [6.45, 7) is 7.01. The van der Waals surface area contributed by atoms with Gasteiger partial charge in [-0.15, -0.1) is 0 Å². The molecule has 0 spiro atoms. The maximum atomic E-state index is 4.53. The number of halogens is 1. The van der Waals surface area contributed by atoms with Crippen LogP contribution in [0, 0.1) is 0 Å². The van der Waals surface area contributed by atoms with Crippen LogP contribution in [0.15, 0.2) is 16.9 Å². The first-order valence-corrected chi connectivity index (χ1v) is 7.58. The molecule has 2 heterocycles. The highest BCUT2D eigenvalue weighted by molar-refractivity contribution is 9.10. The summed E-state index contributed by atoms with van der Waals surface area (Å²) >= 11 is 3.43. The second-order valence-electron chi connectivity index (χ2n) is 5.07. The molecule has 0 saturated carbocycles. The van der Waals surface area contributed by atoms with Gasteiger partial charge in [-0.2, -0.15) is 5.10 Å². The Morgan fingerprint density at radius 3 is 2.75 bits per heavy atom. The molecule has 0 aliphatic rings. The monoisotopic (exact) mass is 337 g/mol. The molecule has 0 aromatic carbocycles. The second-order valence-corrected chi connectivity index (χ2v) is 5.88. The number of nitrogens with one attached hydrogen (secondary N) is 1. The summed E-state index contributed by atoms with van der Waals surface area (Å²) in [5, 5.41) is 7.79. The van der Waals surface area contributed by atoms with Gasteiger partial charge in [0.05, 0.1) is 5.69 Å². The Morgan fingerprint density at radius 2 is 2.10 bits per heavy atom. The van der Waals surface area contributed by atoms with Gasteiger partial charge < -0.3 is 5.32 Å². The molecule has 108 valence electrons. The largest absolute Gasteiger partial charge is 0.366 e. The lowest BCUT2D eigenvalue weighted by atomic mass is 10.2. The van der Waals surface area contributed by atoms with Crippen molar-refractivity contribution < 1.29 is 0 Å². The molecule has 2 aromatic rings. The quantitative estimate of drug-likeness (QED) is 0.850. The van der Waals surface area contributed by atoms with E-state index in [0.29, 0.717) is 5.92 Å². The SMILES string of the molecule is CCc1nn(C)cc1CNc1cc(Br)nc(C(C)C)n1. The third kappa shape index (κ3) is 3.56. The molecule has 0 saturated heterocycles. The van der Waals surface area contributed by atoms with Crippen LogP contribution in [0.25, 0.3) is 0 Å². The Hall–Kier alpha value is -1.43. The van der Waals surface area contributed by atoms with E-state index in [-0.39, 0.29) is 0 Å². The lowest BCUT2D eigenvalue weighted by Gasteiger charge is -2.09. The van der Waals surface area contributed by atoms with Crippen molar-refractivity contribution in [3.8, 4) is 0 Å². The van der Waals surface area contributed by atoms with Crippen LogP contribution in [0.1, 0.15) is 43.8 Å². The fourth-order valence-electron chi connectivity index (χ4n) is 2.00. The molecule has 5 nitrogen and oxygen atoms in total. The Morgan fingerprint density at radius 1 is 1.35 bits per heavy atom. The summed E-state index contributed by atoms with van der Waals surface area (Å²) < 4.78 is 2.66. The second kappa shape index (κ2) is 6.35. The maximum absolute atomic E-state index is 4.53. The van der Waals surface area contributed by atoms with E-state index in [1.54, 1.807) is 0 Å². The van der Waals surface area contributed by atoms with E-state index in [4.69, 9.17) is 0 Å². The van der Waals surface area contributed by atoms with Crippen LogP contribution in [0.3, 0.4) is 0 Å². The summed E-state index contributed by atoms with van der Waals surface area (Å²) in [6.07, 6.45) is 2.98. The zero-order chi connectivity index (χ0) is 14.7. The highest BCUT2D eigenvalue weighted by Gasteiger charge is 2.09. The Kier molecular flexibility index (Phi) is 4.75. The van der Waals surface area contributed by atoms with Crippen molar-refractivity contribution >= 4 is 21.7 Å². The normalized spacial score (nSPS) is 11.1. The average molecular weight is 338 g/mol. The zero-order valence-corrected chi connectivity index (χ0v) is 13.9. The highest BCUT2D eigenvalue weighted by atomic mass is 79.9. The lowest BCUT2D eigenvalue weighted by Crippen LogP contribution is -2.06. The number of aryl methyl sites for hydroxylation is 2. The predicted octanol–water partition coefficient (Wildman–Crippen LogP) is 3.27. The molecule has 20 heavy (non-hydrogen) atoms. The molecule has 1 N–H and O–H groups in total. The summed E-state index contributed by atoms with van der Waals surface area (Å²) in [4.78, 5) is 8.91. The van der Waals surface area contributed by atoms with E-state index in [0.717, 1.165) is 34.9 Å². The van der Waals surface area contributed by atoms with E-state index < -0.39 is 0 Å². The maximum Gasteiger partial charge on any atom is 0.134 e. The number of anilines is 1. The molecule has 0 bridgehead atoms. The van der Waals surface area contributed by atoms with Crippen LogP contribution in [0.2, 0.25) is 0 Å². The van der Waals surface area contributed by atoms with Crippen LogP contribution in [0.4, 0.5) is 5.82 Å². The van der Waals surface area contributed by atoms with Gasteiger partial charge in [0.2, 0.25) is 0 Å². The van der Waals surface area contributed by atoms with Gasteiger partial charge in [0.1, 0.15) is 16.2 Å². The van der Waals surface area contributed by atoms with Crippen LogP contribution < -0.4 is 5.32 Å². The number of rotatable bonds is 5. The number of hydrogen-bond donors (Lipinski definition) is 1. The van der Waals surface area contributed by atoms with Crippen molar-refractivity contribution in [3.05, 3.63) is 33.9 Å². The van der Waals surface area contributed by atoms with Crippen LogP contribution in [0.5, 0.6) is 0 Å². The van der Waals surface area contributed by atoms with E-state index in [1.807, 2.05) is 24.0 Å². The summed E-state index contributed by atoms with van der Waals surface area (Å²) in [5.74, 6) is 1.97. The van der Waals surface area contributed by atoms with Gasteiger partial charge in [0.25, 0.3) is 0 Å². The Bertz CT molecular complexity index is 591. The van der Waals surface area contributed by atoms with Crippen molar-refractivity contribution in [2.24, 2.45) is 7.05 Å². The van der Waals surface area contributed by atoms with E-state index in [9.17, 15) is 0 Å². The minimum absolute atomic E-state index is 0.303. The lowest BCUT2D eigenvalue weighted by molar-refractivity contribution is 0.746. The molecule has 0 radical (unpaired) electrons. The van der Waals surface area contributed by atoms with Crippen LogP contribution in [-0.4, -0.2) is 19.7 Å². The smallest absolute Gasteiger partial charge is 0.134 e. The fraction of sp³-hybridized carbons (Fsp3) is 0.500. The molecular formula is C14H20BrN5. The topological polar surface area (TPSA) is 55.6 Å². The average Bonchev–Trinajstić information content (AvgIpc) is 2.76. The molecule has 0 unspecified atom stereocenters. The molecule has 2 aromatic heterocycles. The number of hydrogen-bond acceptors (Lipinski definition) is 4. The molecule has 0 aliphatic carbocycles. The standard InChI is InChI=1S/C14H20BrN5/c1-5-11-10(8-20(4)19-11)7-16-13-6-12(15)17-14(18-13)9(2)3/h6,8-9H,5,7H2,1-4H3,(H,16,17,18). The van der Waals surface area contributed by atoms with Gasteiger partial charge >= 0.3 is 0 Å². The van der Waals surface area contributed by atoms with E-state index >= 15 is 0 Å². The van der Waals surface area contributed by atoms with Crippen molar-refractivity contribution in [3.63, 3.8) is 0 Å². The summed E-state index contributed by atoms with van der Waals surface area (Å²) in [6, 6.07) is 1.90. The highest BCUT2D eigenvalue weighted by Crippen LogP contribution is 2.18. The first-order chi connectivity index (χ1) is 9.49.